The van der Waals surface area contributed by atoms with Crippen LogP contribution in [0, 0.1) is 0 Å². The summed E-state index contributed by atoms with van der Waals surface area (Å²) in [6, 6.07) is 1.84. The van der Waals surface area contributed by atoms with Crippen molar-refractivity contribution in [1.29, 1.82) is 0 Å². The third-order valence-electron chi connectivity index (χ3n) is 1.96. The van der Waals surface area contributed by atoms with Gasteiger partial charge < -0.3 is 0 Å². The van der Waals surface area contributed by atoms with Gasteiger partial charge in [0.25, 0.3) is 5.91 Å². The maximum absolute atomic E-state index is 11.8. The van der Waals surface area contributed by atoms with Gasteiger partial charge in [-0.25, -0.2) is 5.43 Å². The number of hydrogen-bond donors (Lipinski definition) is 1. The Bertz CT molecular complexity index is 341. The van der Waals surface area contributed by atoms with Crippen molar-refractivity contribution < 1.29 is 4.79 Å². The smallest absolute Gasteiger partial charge is 0.273 e. The highest BCUT2D eigenvalue weighted by Crippen LogP contribution is 2.32. The lowest BCUT2D eigenvalue weighted by atomic mass is 10.4. The van der Waals surface area contributed by atoms with E-state index < -0.39 is 0 Å². The van der Waals surface area contributed by atoms with Crippen LogP contribution in [-0.2, 0) is 0 Å². The van der Waals surface area contributed by atoms with E-state index in [2.05, 4.69) is 37.3 Å². The maximum atomic E-state index is 11.8. The molecular weight excluding hydrogens is 332 g/mol. The summed E-state index contributed by atoms with van der Waals surface area (Å²) in [7, 11) is 0. The predicted molar refractivity (Wildman–Crippen MR) is 63.4 cm³/mol. The van der Waals surface area contributed by atoms with Gasteiger partial charge in [0.1, 0.15) is 0 Å². The van der Waals surface area contributed by atoms with Gasteiger partial charge in [-0.2, -0.15) is 0 Å². The zero-order chi connectivity index (χ0) is 10.1. The van der Waals surface area contributed by atoms with Crippen LogP contribution >= 0.6 is 43.2 Å². The number of thiophene rings is 1. The van der Waals surface area contributed by atoms with Gasteiger partial charge in [0.15, 0.2) is 0 Å². The quantitative estimate of drug-likeness (QED) is 0.853. The molecule has 1 N–H and O–H groups in total. The molecule has 2 rings (SSSR count). The third-order valence-corrected chi connectivity index (χ3v) is 5.21. The summed E-state index contributed by atoms with van der Waals surface area (Å²) in [6.07, 6.45) is 1.03. The highest BCUT2D eigenvalue weighted by atomic mass is 79.9. The van der Waals surface area contributed by atoms with Crippen LogP contribution < -0.4 is 5.43 Å². The number of hydrogen-bond acceptors (Lipinski definition) is 3. The van der Waals surface area contributed by atoms with Crippen LogP contribution in [0.4, 0.5) is 0 Å². The van der Waals surface area contributed by atoms with Crippen molar-refractivity contribution in [3.05, 3.63) is 19.2 Å². The van der Waals surface area contributed by atoms with E-state index in [4.69, 9.17) is 0 Å². The number of hydrazine groups is 1. The number of halogens is 2. The summed E-state index contributed by atoms with van der Waals surface area (Å²) in [5.74, 6) is 0.0545. The first-order valence-electron chi connectivity index (χ1n) is 4.18. The van der Waals surface area contributed by atoms with Crippen LogP contribution in [0.25, 0.3) is 0 Å². The summed E-state index contributed by atoms with van der Waals surface area (Å²) in [6.45, 7) is 1.69. The summed E-state index contributed by atoms with van der Waals surface area (Å²) < 4.78 is 1.89. The van der Waals surface area contributed by atoms with Gasteiger partial charge in [-0.05, 0) is 44.3 Å². The molecule has 14 heavy (non-hydrogen) atoms. The molecule has 1 amide bonds. The van der Waals surface area contributed by atoms with Crippen LogP contribution in [0.3, 0.4) is 0 Å². The first-order valence-corrected chi connectivity index (χ1v) is 6.59. The minimum absolute atomic E-state index is 0.0545. The van der Waals surface area contributed by atoms with Crippen LogP contribution in [0.15, 0.2) is 14.3 Å². The summed E-state index contributed by atoms with van der Waals surface area (Å²) >= 11 is 8.19. The second kappa shape index (κ2) is 4.30. The Kier molecular flexibility index (Phi) is 3.26. The van der Waals surface area contributed by atoms with Crippen molar-refractivity contribution in [3.63, 3.8) is 0 Å². The fraction of sp³-hybridized carbons (Fsp3) is 0.375. The molecule has 1 aliphatic rings. The minimum Gasteiger partial charge on any atom is -0.273 e. The molecule has 76 valence electrons. The van der Waals surface area contributed by atoms with E-state index in [0.717, 1.165) is 32.6 Å². The molecule has 1 saturated heterocycles. The Balaban J connectivity index is 2.18. The first-order chi connectivity index (χ1) is 6.68. The number of carbonyl (C=O) groups excluding carboxylic acids is 1. The topological polar surface area (TPSA) is 32.3 Å². The summed E-state index contributed by atoms with van der Waals surface area (Å²) in [5, 5.41) is 1.67. The average molecular weight is 340 g/mol. The summed E-state index contributed by atoms with van der Waals surface area (Å²) in [5.41, 5.74) is 3.04. The van der Waals surface area contributed by atoms with E-state index >= 15 is 0 Å². The molecule has 0 atom stereocenters. The highest BCUT2D eigenvalue weighted by Gasteiger charge is 2.21. The molecule has 0 unspecified atom stereocenters. The minimum atomic E-state index is 0.0545. The Morgan fingerprint density at radius 3 is 2.86 bits per heavy atom. The van der Waals surface area contributed by atoms with Gasteiger partial charge in [0.2, 0.25) is 0 Å². The molecule has 1 aromatic rings. The van der Waals surface area contributed by atoms with E-state index in [1.807, 2.05) is 6.07 Å². The zero-order valence-electron chi connectivity index (χ0n) is 7.22. The van der Waals surface area contributed by atoms with E-state index in [-0.39, 0.29) is 5.91 Å². The second-order valence-electron chi connectivity index (χ2n) is 2.95. The molecule has 1 fully saturated rings. The standard InChI is InChI=1S/C8H8Br2N2OS/c9-5-4-6(14-7(5)10)8(13)12-3-1-2-11-12/h4,11H,1-3H2. The fourth-order valence-electron chi connectivity index (χ4n) is 1.29. The first kappa shape index (κ1) is 10.6. The van der Waals surface area contributed by atoms with Crippen molar-refractivity contribution in [2.24, 2.45) is 0 Å². The van der Waals surface area contributed by atoms with Gasteiger partial charge in [-0.3, -0.25) is 9.80 Å². The van der Waals surface area contributed by atoms with E-state index in [0.29, 0.717) is 0 Å². The lowest BCUT2D eigenvalue weighted by Gasteiger charge is -2.13. The molecule has 0 saturated carbocycles. The molecule has 3 nitrogen and oxygen atoms in total. The third kappa shape index (κ3) is 2.03. The van der Waals surface area contributed by atoms with Crippen LogP contribution in [0.2, 0.25) is 0 Å². The van der Waals surface area contributed by atoms with Crippen molar-refractivity contribution in [1.82, 2.24) is 10.4 Å². The number of carbonyl (C=O) groups is 1. The number of nitrogens with one attached hydrogen (secondary N) is 1. The highest BCUT2D eigenvalue weighted by molar-refractivity contribution is 9.13. The Labute approximate surface area is 103 Å². The van der Waals surface area contributed by atoms with Gasteiger partial charge in [-0.15, -0.1) is 11.3 Å². The molecule has 0 aliphatic carbocycles. The van der Waals surface area contributed by atoms with Crippen molar-refractivity contribution in [3.8, 4) is 0 Å². The van der Waals surface area contributed by atoms with Gasteiger partial charge >= 0.3 is 0 Å². The molecule has 6 heteroatoms. The number of nitrogens with zero attached hydrogens (tertiary/aromatic N) is 1. The number of rotatable bonds is 1. The fourth-order valence-corrected chi connectivity index (χ4v) is 3.27. The average Bonchev–Trinajstić information content (AvgIpc) is 2.76. The van der Waals surface area contributed by atoms with Crippen molar-refractivity contribution >= 4 is 49.1 Å². The van der Waals surface area contributed by atoms with Crippen molar-refractivity contribution in [2.45, 2.75) is 6.42 Å². The molecule has 0 radical (unpaired) electrons. The molecule has 0 spiro atoms. The van der Waals surface area contributed by atoms with E-state index in [1.165, 1.54) is 11.3 Å². The van der Waals surface area contributed by atoms with Crippen molar-refractivity contribution in [2.75, 3.05) is 13.1 Å². The molecule has 0 aromatic carbocycles. The normalized spacial score (nSPS) is 16.3. The van der Waals surface area contributed by atoms with Gasteiger partial charge in [0, 0.05) is 17.6 Å². The summed E-state index contributed by atoms with van der Waals surface area (Å²) in [4.78, 5) is 12.6. The van der Waals surface area contributed by atoms with E-state index in [9.17, 15) is 4.79 Å². The molecule has 0 bridgehead atoms. The molecule has 1 aliphatic heterocycles. The molecular formula is C8H8Br2N2OS. The largest absolute Gasteiger partial charge is 0.278 e. The molecule has 1 aromatic heterocycles. The van der Waals surface area contributed by atoms with Crippen LogP contribution in [0.1, 0.15) is 16.1 Å². The SMILES string of the molecule is O=C(c1cc(Br)c(Br)s1)N1CCCN1. The van der Waals surface area contributed by atoms with E-state index in [1.54, 1.807) is 5.01 Å². The van der Waals surface area contributed by atoms with Gasteiger partial charge in [0.05, 0.1) is 8.66 Å². The number of amides is 1. The van der Waals surface area contributed by atoms with Gasteiger partial charge in [-0.1, -0.05) is 0 Å². The van der Waals surface area contributed by atoms with Crippen LogP contribution in [0.5, 0.6) is 0 Å². The second-order valence-corrected chi connectivity index (χ2v) is 6.18. The lowest BCUT2D eigenvalue weighted by molar-refractivity contribution is 0.0731. The monoisotopic (exact) mass is 338 g/mol. The Morgan fingerprint density at radius 2 is 2.36 bits per heavy atom. The van der Waals surface area contributed by atoms with Crippen LogP contribution in [-0.4, -0.2) is 24.0 Å². The lowest BCUT2D eigenvalue weighted by Crippen LogP contribution is -2.36. The Hall–Kier alpha value is 0.0900. The maximum Gasteiger partial charge on any atom is 0.278 e. The molecule has 2 heterocycles. The predicted octanol–water partition coefficient (Wildman–Crippen LogP) is 2.62. The Morgan fingerprint density at radius 1 is 1.57 bits per heavy atom. The zero-order valence-corrected chi connectivity index (χ0v) is 11.2.